The minimum atomic E-state index is -0.500. The van der Waals surface area contributed by atoms with Crippen LogP contribution in [0, 0.1) is 11.7 Å². The van der Waals surface area contributed by atoms with Crippen molar-refractivity contribution in [3.63, 3.8) is 0 Å². The molecule has 2 aromatic carbocycles. The van der Waals surface area contributed by atoms with Crippen LogP contribution >= 0.6 is 0 Å². The van der Waals surface area contributed by atoms with Gasteiger partial charge in [0, 0.05) is 44.7 Å². The second-order valence-corrected chi connectivity index (χ2v) is 8.71. The number of rotatable bonds is 6. The molecule has 0 saturated carbocycles. The Bertz CT molecular complexity index is 1180. The van der Waals surface area contributed by atoms with Gasteiger partial charge in [-0.05, 0) is 42.5 Å². The molecule has 1 N–H and O–H groups in total. The fraction of sp³-hybridized carbons (Fsp3) is 0.308. The summed E-state index contributed by atoms with van der Waals surface area (Å²) in [6.07, 6.45) is 4.40. The fourth-order valence-electron chi connectivity index (χ4n) is 4.31. The highest BCUT2D eigenvalue weighted by molar-refractivity contribution is 6.02. The van der Waals surface area contributed by atoms with E-state index in [4.69, 9.17) is 4.74 Å². The molecule has 0 unspecified atom stereocenters. The number of nitrogens with zero attached hydrogens (tertiary/aromatic N) is 4. The van der Waals surface area contributed by atoms with Gasteiger partial charge in [-0.1, -0.05) is 12.1 Å². The summed E-state index contributed by atoms with van der Waals surface area (Å²) in [4.78, 5) is 29.1. The Hall–Kier alpha value is -3.85. The minimum absolute atomic E-state index is 0.0114. The summed E-state index contributed by atoms with van der Waals surface area (Å²) >= 11 is 0. The summed E-state index contributed by atoms with van der Waals surface area (Å²) < 4.78 is 20.1. The molecule has 35 heavy (non-hydrogen) atoms. The SMILES string of the molecule is O=C(c1ccccc1F)N1CCC(Oc2ccc(N(C(=O)C3CNC3)c3ccnnc3)cc2)CC1. The summed E-state index contributed by atoms with van der Waals surface area (Å²) in [5.41, 5.74) is 1.49. The molecule has 1 aromatic heterocycles. The number of benzene rings is 2. The maximum atomic E-state index is 14.0. The Morgan fingerprint density at radius 3 is 2.34 bits per heavy atom. The van der Waals surface area contributed by atoms with E-state index in [1.807, 2.05) is 24.3 Å². The lowest BCUT2D eigenvalue weighted by atomic mass is 10.0. The van der Waals surface area contributed by atoms with E-state index < -0.39 is 5.82 Å². The molecular formula is C26H26FN5O3. The van der Waals surface area contributed by atoms with E-state index in [0.29, 0.717) is 50.5 Å². The first kappa shape index (κ1) is 22.9. The summed E-state index contributed by atoms with van der Waals surface area (Å²) in [5.74, 6) is -0.158. The van der Waals surface area contributed by atoms with Crippen molar-refractivity contribution in [2.75, 3.05) is 31.1 Å². The van der Waals surface area contributed by atoms with E-state index in [2.05, 4.69) is 15.5 Å². The Morgan fingerprint density at radius 2 is 1.71 bits per heavy atom. The van der Waals surface area contributed by atoms with Crippen molar-refractivity contribution in [3.8, 4) is 5.75 Å². The van der Waals surface area contributed by atoms with E-state index >= 15 is 0 Å². The predicted octanol–water partition coefficient (Wildman–Crippen LogP) is 3.18. The van der Waals surface area contributed by atoms with Gasteiger partial charge in [-0.25, -0.2) is 4.39 Å². The van der Waals surface area contributed by atoms with Crippen LogP contribution in [0.25, 0.3) is 0 Å². The lowest BCUT2D eigenvalue weighted by Crippen LogP contribution is -2.51. The molecule has 9 heteroatoms. The number of anilines is 2. The Morgan fingerprint density at radius 1 is 0.971 bits per heavy atom. The molecule has 0 bridgehead atoms. The summed E-state index contributed by atoms with van der Waals surface area (Å²) in [7, 11) is 0. The maximum absolute atomic E-state index is 14.0. The molecule has 2 aliphatic heterocycles. The lowest BCUT2D eigenvalue weighted by molar-refractivity contribution is -0.123. The number of piperidine rings is 1. The molecular weight excluding hydrogens is 449 g/mol. The molecule has 180 valence electrons. The number of halogens is 1. The topological polar surface area (TPSA) is 87.7 Å². The van der Waals surface area contributed by atoms with E-state index in [9.17, 15) is 14.0 Å². The molecule has 5 rings (SSSR count). The predicted molar refractivity (Wildman–Crippen MR) is 128 cm³/mol. The van der Waals surface area contributed by atoms with Crippen molar-refractivity contribution >= 4 is 23.2 Å². The molecule has 0 atom stereocenters. The largest absolute Gasteiger partial charge is 0.490 e. The number of amides is 2. The van der Waals surface area contributed by atoms with Gasteiger partial charge in [0.25, 0.3) is 5.91 Å². The molecule has 0 radical (unpaired) electrons. The van der Waals surface area contributed by atoms with Gasteiger partial charge >= 0.3 is 0 Å². The van der Waals surface area contributed by atoms with Crippen LogP contribution in [-0.2, 0) is 4.79 Å². The Labute approximate surface area is 202 Å². The number of ether oxygens (including phenoxy) is 1. The van der Waals surface area contributed by atoms with E-state index in [1.165, 1.54) is 12.1 Å². The zero-order valence-electron chi connectivity index (χ0n) is 19.1. The van der Waals surface area contributed by atoms with Crippen LogP contribution < -0.4 is 15.0 Å². The average molecular weight is 476 g/mol. The lowest BCUT2D eigenvalue weighted by Gasteiger charge is -2.33. The van der Waals surface area contributed by atoms with Crippen molar-refractivity contribution in [2.45, 2.75) is 18.9 Å². The van der Waals surface area contributed by atoms with Crippen LogP contribution in [0.2, 0.25) is 0 Å². The highest BCUT2D eigenvalue weighted by Crippen LogP contribution is 2.30. The van der Waals surface area contributed by atoms with Crippen molar-refractivity contribution < 1.29 is 18.7 Å². The third kappa shape index (κ3) is 5.00. The molecule has 0 aliphatic carbocycles. The first-order valence-corrected chi connectivity index (χ1v) is 11.7. The van der Waals surface area contributed by atoms with Crippen molar-refractivity contribution in [3.05, 3.63) is 78.4 Å². The number of hydrogen-bond donors (Lipinski definition) is 1. The number of hydrogen-bond acceptors (Lipinski definition) is 6. The van der Waals surface area contributed by atoms with Crippen LogP contribution in [0.3, 0.4) is 0 Å². The third-order valence-electron chi connectivity index (χ3n) is 6.41. The zero-order chi connectivity index (χ0) is 24.2. The van der Waals surface area contributed by atoms with Crippen molar-refractivity contribution in [1.82, 2.24) is 20.4 Å². The van der Waals surface area contributed by atoms with Gasteiger partial charge in [-0.3, -0.25) is 14.5 Å². The van der Waals surface area contributed by atoms with Crippen LogP contribution in [0.5, 0.6) is 5.75 Å². The molecule has 8 nitrogen and oxygen atoms in total. The van der Waals surface area contributed by atoms with E-state index in [-0.39, 0.29) is 29.4 Å². The monoisotopic (exact) mass is 475 g/mol. The zero-order valence-corrected chi connectivity index (χ0v) is 19.1. The van der Waals surface area contributed by atoms with Crippen molar-refractivity contribution in [2.24, 2.45) is 5.92 Å². The minimum Gasteiger partial charge on any atom is -0.490 e. The quantitative estimate of drug-likeness (QED) is 0.589. The fourth-order valence-corrected chi connectivity index (χ4v) is 4.31. The number of carbonyl (C=O) groups is 2. The average Bonchev–Trinajstić information content (AvgIpc) is 2.85. The highest BCUT2D eigenvalue weighted by atomic mass is 19.1. The summed E-state index contributed by atoms with van der Waals surface area (Å²) in [5, 5.41) is 10.9. The normalized spacial score (nSPS) is 16.4. The molecule has 0 spiro atoms. The Kier molecular flexibility index (Phi) is 6.67. The van der Waals surface area contributed by atoms with E-state index in [1.54, 1.807) is 40.4 Å². The first-order chi connectivity index (χ1) is 17.1. The molecule has 3 heterocycles. The second kappa shape index (κ2) is 10.2. The maximum Gasteiger partial charge on any atom is 0.256 e. The van der Waals surface area contributed by atoms with Gasteiger partial charge in [-0.2, -0.15) is 10.2 Å². The molecule has 2 amide bonds. The smallest absolute Gasteiger partial charge is 0.256 e. The first-order valence-electron chi connectivity index (χ1n) is 11.7. The van der Waals surface area contributed by atoms with Crippen LogP contribution in [-0.4, -0.2) is 59.2 Å². The number of nitrogens with one attached hydrogen (secondary N) is 1. The molecule has 2 fully saturated rings. The Balaban J connectivity index is 1.22. The molecule has 3 aromatic rings. The van der Waals surface area contributed by atoms with Gasteiger partial charge < -0.3 is 15.0 Å². The summed E-state index contributed by atoms with van der Waals surface area (Å²) in [6.45, 7) is 2.33. The van der Waals surface area contributed by atoms with Gasteiger partial charge in [0.05, 0.1) is 29.6 Å². The third-order valence-corrected chi connectivity index (χ3v) is 6.41. The van der Waals surface area contributed by atoms with Crippen LogP contribution in [0.4, 0.5) is 15.8 Å². The standard InChI is InChI=1S/C26H26FN5O3/c27-24-4-2-1-3-23(24)26(34)31-13-10-22(11-14-31)35-21-7-5-19(6-8-21)32(20-9-12-29-30-17-20)25(33)18-15-28-16-18/h1-9,12,17-18,22,28H,10-11,13-16H2. The van der Waals surface area contributed by atoms with Crippen molar-refractivity contribution in [1.29, 1.82) is 0 Å². The number of carbonyl (C=O) groups excluding carboxylic acids is 2. The number of aromatic nitrogens is 2. The van der Waals surface area contributed by atoms with Gasteiger partial charge in [0.15, 0.2) is 0 Å². The summed E-state index contributed by atoms with van der Waals surface area (Å²) in [6, 6.07) is 15.2. The van der Waals surface area contributed by atoms with Crippen LogP contribution in [0.1, 0.15) is 23.2 Å². The van der Waals surface area contributed by atoms with Gasteiger partial charge in [0.2, 0.25) is 5.91 Å². The van der Waals surface area contributed by atoms with Gasteiger partial charge in [0.1, 0.15) is 17.7 Å². The molecule has 2 saturated heterocycles. The van der Waals surface area contributed by atoms with E-state index in [0.717, 1.165) is 5.69 Å². The highest BCUT2D eigenvalue weighted by Gasteiger charge is 2.31. The van der Waals surface area contributed by atoms with Crippen LogP contribution in [0.15, 0.2) is 67.0 Å². The van der Waals surface area contributed by atoms with Gasteiger partial charge in [-0.15, -0.1) is 0 Å². The molecule has 2 aliphatic rings. The number of likely N-dealkylation sites (tertiary alicyclic amines) is 1. The second-order valence-electron chi connectivity index (χ2n) is 8.71.